The molecular weight excluding hydrogens is 1180 g/mol. The van der Waals surface area contributed by atoms with Crippen LogP contribution in [0.5, 0.6) is 11.5 Å². The Labute approximate surface area is 538 Å². The standard InChI is InChI=1S/C70H93N5O17/c1-9-10-11-34-91-51-30-26-46(27-31-51)44-18-16-43(17-19-44)45-20-22-48(23-21-45)67(87)71-53-37-56(81)57(92-35-33-75(6,7)8)14-12-13-55(80)59-52(32-15-39(2)62(59)82)65(85)60(42(5)77)72-69(89)61(66(86)64(84)47-24-28-49(78)29-25-47)73-68(88)54-36-50(79)38-74(54)70(90)58(41(4)76)40(3)63(53)83/h16-32,39-42,50,53-54,56-62,64,66,76-77,79,81-82,84,86H,9-15,33-38H2,1-8H3,(H3-,71,72,73,78,87,88,89)/p+1/t39-,40?,41+,42+,50+,53?,54-,56+,57+,58-,59+,60-,61-,62-,64-,66-/m0/s1. The van der Waals surface area contributed by atoms with Crippen LogP contribution in [0.25, 0.3) is 22.3 Å². The Morgan fingerprint density at radius 1 is 0.739 bits per heavy atom. The van der Waals surface area contributed by atoms with E-state index in [1.54, 1.807) is 31.2 Å². The topological polar surface area (TPSA) is 339 Å². The Morgan fingerprint density at radius 3 is 1.90 bits per heavy atom. The number of phenols is 1. The van der Waals surface area contributed by atoms with E-state index in [1.807, 2.05) is 69.7 Å². The molecule has 0 aromatic heterocycles. The van der Waals surface area contributed by atoms with Gasteiger partial charge in [0.25, 0.3) is 5.91 Å². The van der Waals surface area contributed by atoms with E-state index in [1.165, 1.54) is 51.1 Å². The predicted octanol–water partition coefficient (Wildman–Crippen LogP) is 4.11. The van der Waals surface area contributed by atoms with Gasteiger partial charge in [-0.2, -0.15) is 0 Å². The molecule has 2 unspecified atom stereocenters. The van der Waals surface area contributed by atoms with Crippen LogP contribution in [0, 0.1) is 23.7 Å². The molecule has 0 spiro atoms. The van der Waals surface area contributed by atoms with Crippen LogP contribution in [0.4, 0.5) is 0 Å². The van der Waals surface area contributed by atoms with Crippen molar-refractivity contribution in [2.24, 2.45) is 23.7 Å². The van der Waals surface area contributed by atoms with Crippen LogP contribution >= 0.6 is 0 Å². The highest BCUT2D eigenvalue weighted by Gasteiger charge is 2.49. The average Bonchev–Trinajstić information content (AvgIpc) is 1.28. The SMILES string of the molecule is CCCCCOc1ccc(-c2ccc(-c3ccc(C(=O)NC4C[C@@H](O)[C@H](OCC[N+](C)(C)C)CCCC(=O)[C@H]5C(=CC[C@H](C)[C@@H]5O)C(=O)[C@H]([C@@H](C)O)NC(=O)[C@H]([C@H](O)[C@@H](O)c5ccc(O)cc5)NC(=O)[C@@H]5C[C@@H](O)CN5C(=O)[C@H]([C@@H](C)O)C(C)C4=O)cc3)cc2)cc1. The van der Waals surface area contributed by atoms with Crippen molar-refractivity contribution in [2.45, 2.75) is 165 Å². The summed E-state index contributed by atoms with van der Waals surface area (Å²) in [5.74, 6) is -11.3. The molecule has 4 aromatic rings. The molecule has 3 aliphatic rings. The van der Waals surface area contributed by atoms with Gasteiger partial charge in [-0.05, 0) is 110 Å². The molecule has 22 heteroatoms. The van der Waals surface area contributed by atoms with Gasteiger partial charge in [-0.25, -0.2) is 0 Å². The number of likely N-dealkylation sites (N-methyl/N-ethyl adjacent to an activating group) is 1. The molecule has 0 radical (unpaired) electrons. The van der Waals surface area contributed by atoms with Gasteiger partial charge in [0.05, 0.1) is 88.9 Å². The third-order valence-corrected chi connectivity index (χ3v) is 17.9. The minimum absolute atomic E-state index is 0.00286. The zero-order valence-electron chi connectivity index (χ0n) is 53.9. The zero-order chi connectivity index (χ0) is 67.3. The molecular formula is C70H94N5O17+. The van der Waals surface area contributed by atoms with E-state index in [2.05, 4.69) is 22.9 Å². The number of amides is 4. The number of allylic oxidation sites excluding steroid dienone is 1. The molecule has 4 amide bonds. The van der Waals surface area contributed by atoms with Gasteiger partial charge in [-0.3, -0.25) is 33.6 Å². The molecule has 0 bridgehead atoms. The van der Waals surface area contributed by atoms with E-state index in [0.717, 1.165) is 52.2 Å². The van der Waals surface area contributed by atoms with E-state index < -0.39 is 157 Å². The number of Topliss-reactive ketones (excluding diaryl/α,β-unsaturated/α-hetero) is 3. The van der Waals surface area contributed by atoms with Crippen molar-refractivity contribution < 1.29 is 88.4 Å². The first-order valence-electron chi connectivity index (χ1n) is 32.0. The quantitative estimate of drug-likeness (QED) is 0.0493. The Bertz CT molecular complexity index is 3190. The second-order valence-electron chi connectivity index (χ2n) is 26.1. The Kier molecular flexibility index (Phi) is 25.5. The highest BCUT2D eigenvalue weighted by atomic mass is 16.5. The fourth-order valence-electron chi connectivity index (χ4n) is 12.3. The number of phenolic OH excluding ortho intramolecular Hbond substituents is 1. The normalized spacial score (nSPS) is 27.3. The number of hydrogen-bond acceptors (Lipinski definition) is 17. The van der Waals surface area contributed by atoms with E-state index >= 15 is 9.59 Å². The lowest BCUT2D eigenvalue weighted by Crippen LogP contribution is -2.62. The van der Waals surface area contributed by atoms with E-state index in [4.69, 9.17) is 9.47 Å². The highest BCUT2D eigenvalue weighted by molar-refractivity contribution is 6.07. The van der Waals surface area contributed by atoms with Crippen molar-refractivity contribution in [3.8, 4) is 33.8 Å². The minimum Gasteiger partial charge on any atom is -0.508 e. The number of unbranched alkanes of at least 4 members (excludes halogenated alkanes) is 2. The number of carbonyl (C=O) groups is 7. The van der Waals surface area contributed by atoms with Crippen molar-refractivity contribution in [1.82, 2.24) is 20.9 Å². The van der Waals surface area contributed by atoms with Crippen molar-refractivity contribution in [3.63, 3.8) is 0 Å². The number of carbonyl (C=O) groups excluding carboxylic acids is 7. The molecule has 16 atom stereocenters. The highest BCUT2D eigenvalue weighted by Crippen LogP contribution is 2.35. The first kappa shape index (κ1) is 72.2. The van der Waals surface area contributed by atoms with Crippen LogP contribution in [0.1, 0.15) is 114 Å². The molecule has 500 valence electrons. The third kappa shape index (κ3) is 18.5. The average molecular weight is 1280 g/mol. The van der Waals surface area contributed by atoms with Gasteiger partial charge in [-0.1, -0.05) is 100 Å². The molecule has 0 saturated carbocycles. The number of fused-ring (bicyclic) bond motifs is 2. The van der Waals surface area contributed by atoms with Crippen molar-refractivity contribution in [1.29, 1.82) is 0 Å². The molecule has 1 aliphatic carbocycles. The number of aliphatic hydroxyl groups excluding tert-OH is 7. The number of benzene rings is 4. The molecule has 2 fully saturated rings. The predicted molar refractivity (Wildman–Crippen MR) is 342 cm³/mol. The number of nitrogens with one attached hydrogen (secondary N) is 3. The van der Waals surface area contributed by atoms with Gasteiger partial charge in [0.2, 0.25) is 17.7 Å². The van der Waals surface area contributed by atoms with Gasteiger partial charge in [0, 0.05) is 42.9 Å². The summed E-state index contributed by atoms with van der Waals surface area (Å²) in [6.07, 6.45) is -9.60. The first-order valence-corrected chi connectivity index (χ1v) is 32.0. The number of hydrogen-bond donors (Lipinski definition) is 11. The lowest BCUT2D eigenvalue weighted by atomic mass is 9.73. The number of aromatic hydroxyl groups is 1. The van der Waals surface area contributed by atoms with Gasteiger partial charge in [-0.15, -0.1) is 0 Å². The van der Waals surface area contributed by atoms with Crippen LogP contribution in [0.15, 0.2) is 109 Å². The molecule has 7 rings (SSSR count). The summed E-state index contributed by atoms with van der Waals surface area (Å²) in [5.41, 5.74) is 3.46. The fraction of sp³-hybridized carbons (Fsp3) is 0.529. The number of quaternary nitrogens is 1. The summed E-state index contributed by atoms with van der Waals surface area (Å²) in [5, 5.41) is 98.8. The van der Waals surface area contributed by atoms with Crippen molar-refractivity contribution >= 4 is 41.0 Å². The van der Waals surface area contributed by atoms with Crippen LogP contribution in [0.2, 0.25) is 0 Å². The van der Waals surface area contributed by atoms with E-state index in [-0.39, 0.29) is 54.7 Å². The molecule has 4 aromatic carbocycles. The number of ketones is 3. The second kappa shape index (κ2) is 32.5. The summed E-state index contributed by atoms with van der Waals surface area (Å²) in [4.78, 5) is 104. The lowest BCUT2D eigenvalue weighted by Gasteiger charge is -2.35. The zero-order valence-corrected chi connectivity index (χ0v) is 53.9. The lowest BCUT2D eigenvalue weighted by molar-refractivity contribution is -0.870. The summed E-state index contributed by atoms with van der Waals surface area (Å²) < 4.78 is 12.7. The van der Waals surface area contributed by atoms with Crippen LogP contribution in [-0.2, 0) is 33.5 Å². The maximum atomic E-state index is 15.3. The molecule has 22 nitrogen and oxygen atoms in total. The Morgan fingerprint density at radius 2 is 1.33 bits per heavy atom. The van der Waals surface area contributed by atoms with Crippen LogP contribution in [-0.4, -0.2) is 206 Å². The van der Waals surface area contributed by atoms with Gasteiger partial charge in [0.15, 0.2) is 11.6 Å². The Hall–Kier alpha value is -7.25. The molecule has 92 heavy (non-hydrogen) atoms. The number of nitrogens with zero attached hydrogens (tertiary/aromatic N) is 2. The van der Waals surface area contributed by atoms with Gasteiger partial charge in [0.1, 0.15) is 54.2 Å². The largest absolute Gasteiger partial charge is 0.508 e. The summed E-state index contributed by atoms with van der Waals surface area (Å²) >= 11 is 0. The van der Waals surface area contributed by atoms with E-state index in [9.17, 15) is 64.8 Å². The minimum atomic E-state index is -2.26. The monoisotopic (exact) mass is 1280 g/mol. The second-order valence-corrected chi connectivity index (χ2v) is 26.1. The van der Waals surface area contributed by atoms with Crippen LogP contribution < -0.4 is 20.7 Å². The molecule has 2 aliphatic heterocycles. The number of rotatable bonds is 18. The maximum absolute atomic E-state index is 15.3. The van der Waals surface area contributed by atoms with Gasteiger partial charge < -0.3 is 75.7 Å². The smallest absolute Gasteiger partial charge is 0.251 e. The summed E-state index contributed by atoms with van der Waals surface area (Å²) in [7, 11) is 5.79. The third-order valence-electron chi connectivity index (χ3n) is 17.9. The number of aliphatic hydroxyl groups is 7. The maximum Gasteiger partial charge on any atom is 0.251 e. The summed E-state index contributed by atoms with van der Waals surface area (Å²) in [6.45, 7) is 8.24. The van der Waals surface area contributed by atoms with Gasteiger partial charge >= 0.3 is 0 Å². The fourth-order valence-corrected chi connectivity index (χ4v) is 12.3. The van der Waals surface area contributed by atoms with Crippen LogP contribution in [0.3, 0.4) is 0 Å². The number of ether oxygens (including phenoxy) is 2. The first-order chi connectivity index (χ1) is 43.6. The molecule has 11 N–H and O–H groups in total. The van der Waals surface area contributed by atoms with Crippen molar-refractivity contribution in [3.05, 3.63) is 120 Å². The van der Waals surface area contributed by atoms with E-state index in [0.29, 0.717) is 17.6 Å². The molecule has 2 saturated heterocycles. The Balaban J connectivity index is 1.24. The summed E-state index contributed by atoms with van der Waals surface area (Å²) in [6, 6.07) is 19.9. The van der Waals surface area contributed by atoms with Crippen molar-refractivity contribution in [2.75, 3.05) is 47.4 Å². The molecule has 2 heterocycles.